The Kier molecular flexibility index (Phi) is 6.52. The van der Waals surface area contributed by atoms with Gasteiger partial charge >= 0.3 is 0 Å². The first-order valence-electron chi connectivity index (χ1n) is 6.66. The van der Waals surface area contributed by atoms with Crippen molar-refractivity contribution in [2.45, 2.75) is 51.2 Å². The predicted octanol–water partition coefficient (Wildman–Crippen LogP) is 1.40. The third-order valence-corrected chi connectivity index (χ3v) is 3.55. The van der Waals surface area contributed by atoms with Crippen LogP contribution < -0.4 is 5.32 Å². The molecule has 17 heavy (non-hydrogen) atoms. The first-order valence-corrected chi connectivity index (χ1v) is 6.66. The molecule has 2 unspecified atom stereocenters. The van der Waals surface area contributed by atoms with Crippen molar-refractivity contribution in [1.82, 2.24) is 10.2 Å². The number of rotatable bonds is 6. The molecule has 0 bridgehead atoms. The van der Waals surface area contributed by atoms with Crippen molar-refractivity contribution in [2.24, 2.45) is 0 Å². The molecular weight excluding hydrogens is 216 g/mol. The lowest BCUT2D eigenvalue weighted by Crippen LogP contribution is -2.48. The fourth-order valence-electron chi connectivity index (χ4n) is 2.36. The zero-order valence-electron chi connectivity index (χ0n) is 11.4. The molecule has 1 heterocycles. The molecule has 0 spiro atoms. The van der Waals surface area contributed by atoms with Crippen molar-refractivity contribution in [2.75, 3.05) is 27.2 Å². The normalized spacial score (nSPS) is 22.5. The molecule has 1 aliphatic rings. The highest BCUT2D eigenvalue weighted by molar-refractivity contribution is 5.76. The van der Waals surface area contributed by atoms with Crippen LogP contribution in [0.4, 0.5) is 0 Å². The summed E-state index contributed by atoms with van der Waals surface area (Å²) >= 11 is 0. The lowest BCUT2D eigenvalue weighted by Gasteiger charge is -2.36. The standard InChI is InChI=1S/C13H26N2O2/c1-11(17-3)7-8-13(16)15-9-5-4-6-12(15)10-14-2/h11-12,14H,4-10H2,1-3H3. The molecule has 1 fully saturated rings. The zero-order chi connectivity index (χ0) is 12.7. The van der Waals surface area contributed by atoms with E-state index in [1.165, 1.54) is 6.42 Å². The summed E-state index contributed by atoms with van der Waals surface area (Å²) in [4.78, 5) is 14.2. The topological polar surface area (TPSA) is 41.6 Å². The number of carbonyl (C=O) groups is 1. The van der Waals surface area contributed by atoms with E-state index in [0.29, 0.717) is 12.5 Å². The Hall–Kier alpha value is -0.610. The van der Waals surface area contributed by atoms with Gasteiger partial charge in [0.15, 0.2) is 0 Å². The van der Waals surface area contributed by atoms with Gasteiger partial charge in [-0.25, -0.2) is 0 Å². The number of nitrogens with one attached hydrogen (secondary N) is 1. The third-order valence-electron chi connectivity index (χ3n) is 3.55. The number of methoxy groups -OCH3 is 1. The summed E-state index contributed by atoms with van der Waals surface area (Å²) in [7, 11) is 3.64. The summed E-state index contributed by atoms with van der Waals surface area (Å²) in [5.74, 6) is 0.286. The van der Waals surface area contributed by atoms with E-state index in [1.807, 2.05) is 14.0 Å². The van der Waals surface area contributed by atoms with Crippen molar-refractivity contribution in [1.29, 1.82) is 0 Å². The molecule has 1 amide bonds. The van der Waals surface area contributed by atoms with E-state index >= 15 is 0 Å². The number of ether oxygens (including phenoxy) is 1. The second-order valence-corrected chi connectivity index (χ2v) is 4.88. The van der Waals surface area contributed by atoms with Gasteiger partial charge in [-0.05, 0) is 39.7 Å². The van der Waals surface area contributed by atoms with Crippen LogP contribution in [0.25, 0.3) is 0 Å². The quantitative estimate of drug-likeness (QED) is 0.765. The van der Waals surface area contributed by atoms with Crippen molar-refractivity contribution in [3.8, 4) is 0 Å². The van der Waals surface area contributed by atoms with E-state index in [4.69, 9.17) is 4.74 Å². The van der Waals surface area contributed by atoms with Crippen LogP contribution in [0.3, 0.4) is 0 Å². The van der Waals surface area contributed by atoms with Crippen LogP contribution >= 0.6 is 0 Å². The maximum atomic E-state index is 12.1. The Labute approximate surface area is 105 Å². The van der Waals surface area contributed by atoms with Gasteiger partial charge in [-0.3, -0.25) is 4.79 Å². The van der Waals surface area contributed by atoms with Gasteiger partial charge in [-0.2, -0.15) is 0 Å². The molecular formula is C13H26N2O2. The van der Waals surface area contributed by atoms with Crippen molar-refractivity contribution >= 4 is 5.91 Å². The van der Waals surface area contributed by atoms with E-state index < -0.39 is 0 Å². The molecule has 4 heteroatoms. The molecule has 1 rings (SSSR count). The van der Waals surface area contributed by atoms with E-state index in [1.54, 1.807) is 7.11 Å². The van der Waals surface area contributed by atoms with Gasteiger partial charge in [0.2, 0.25) is 5.91 Å². The van der Waals surface area contributed by atoms with E-state index in [2.05, 4.69) is 10.2 Å². The lowest BCUT2D eigenvalue weighted by atomic mass is 10.0. The van der Waals surface area contributed by atoms with Gasteiger partial charge in [-0.1, -0.05) is 0 Å². The number of carbonyl (C=O) groups excluding carboxylic acids is 1. The molecule has 0 aromatic rings. The Balaban J connectivity index is 2.41. The smallest absolute Gasteiger partial charge is 0.222 e. The van der Waals surface area contributed by atoms with E-state index in [-0.39, 0.29) is 12.0 Å². The second kappa shape index (κ2) is 7.67. The van der Waals surface area contributed by atoms with E-state index in [0.717, 1.165) is 32.4 Å². The Morgan fingerprint density at radius 2 is 2.29 bits per heavy atom. The number of piperidine rings is 1. The monoisotopic (exact) mass is 242 g/mol. The number of amides is 1. The summed E-state index contributed by atoms with van der Waals surface area (Å²) in [5.41, 5.74) is 0. The summed E-state index contributed by atoms with van der Waals surface area (Å²) in [6, 6.07) is 0.388. The SMILES string of the molecule is CNCC1CCCCN1C(=O)CCC(C)OC. The average molecular weight is 242 g/mol. The fraction of sp³-hybridized carbons (Fsp3) is 0.923. The minimum absolute atomic E-state index is 0.173. The Morgan fingerprint density at radius 1 is 1.53 bits per heavy atom. The van der Waals surface area contributed by atoms with Crippen molar-refractivity contribution in [3.05, 3.63) is 0 Å². The molecule has 100 valence electrons. The lowest BCUT2D eigenvalue weighted by molar-refractivity contribution is -0.135. The molecule has 1 saturated heterocycles. The molecule has 1 aliphatic heterocycles. The summed E-state index contributed by atoms with van der Waals surface area (Å²) < 4.78 is 5.18. The van der Waals surface area contributed by atoms with Crippen LogP contribution in [0.15, 0.2) is 0 Å². The molecule has 0 aliphatic carbocycles. The molecule has 0 radical (unpaired) electrons. The predicted molar refractivity (Wildman–Crippen MR) is 69.0 cm³/mol. The van der Waals surface area contributed by atoms with Crippen molar-refractivity contribution < 1.29 is 9.53 Å². The third kappa shape index (κ3) is 4.64. The highest BCUT2D eigenvalue weighted by atomic mass is 16.5. The van der Waals surface area contributed by atoms with Gasteiger partial charge in [-0.15, -0.1) is 0 Å². The minimum Gasteiger partial charge on any atom is -0.382 e. The van der Waals surface area contributed by atoms with Crippen LogP contribution in [0.2, 0.25) is 0 Å². The maximum absolute atomic E-state index is 12.1. The maximum Gasteiger partial charge on any atom is 0.222 e. The van der Waals surface area contributed by atoms with Crippen LogP contribution in [-0.4, -0.2) is 50.2 Å². The van der Waals surface area contributed by atoms with Gasteiger partial charge in [0, 0.05) is 32.7 Å². The van der Waals surface area contributed by atoms with Gasteiger partial charge in [0.1, 0.15) is 0 Å². The molecule has 0 aromatic heterocycles. The van der Waals surface area contributed by atoms with Crippen LogP contribution in [-0.2, 0) is 9.53 Å². The van der Waals surface area contributed by atoms with Gasteiger partial charge in [0.25, 0.3) is 0 Å². The highest BCUT2D eigenvalue weighted by Crippen LogP contribution is 2.18. The molecule has 0 aromatic carbocycles. The molecule has 1 N–H and O–H groups in total. The number of likely N-dealkylation sites (N-methyl/N-ethyl adjacent to an activating group) is 1. The van der Waals surface area contributed by atoms with Crippen LogP contribution in [0, 0.1) is 0 Å². The summed E-state index contributed by atoms with van der Waals surface area (Å²) in [6.07, 6.45) is 5.11. The van der Waals surface area contributed by atoms with Crippen LogP contribution in [0.1, 0.15) is 39.0 Å². The Morgan fingerprint density at radius 3 is 2.94 bits per heavy atom. The highest BCUT2D eigenvalue weighted by Gasteiger charge is 2.25. The van der Waals surface area contributed by atoms with E-state index in [9.17, 15) is 4.79 Å². The largest absolute Gasteiger partial charge is 0.382 e. The van der Waals surface area contributed by atoms with Crippen LogP contribution in [0.5, 0.6) is 0 Å². The molecule has 4 nitrogen and oxygen atoms in total. The molecule has 2 atom stereocenters. The number of hydrogen-bond donors (Lipinski definition) is 1. The minimum atomic E-state index is 0.173. The first-order chi connectivity index (χ1) is 8.19. The second-order valence-electron chi connectivity index (χ2n) is 4.88. The van der Waals surface area contributed by atoms with Gasteiger partial charge < -0.3 is 15.0 Å². The summed E-state index contributed by atoms with van der Waals surface area (Å²) in [6.45, 7) is 3.84. The summed E-state index contributed by atoms with van der Waals surface area (Å²) in [5, 5.41) is 3.18. The van der Waals surface area contributed by atoms with Crippen molar-refractivity contribution in [3.63, 3.8) is 0 Å². The number of likely N-dealkylation sites (tertiary alicyclic amines) is 1. The molecule has 0 saturated carbocycles. The Bertz CT molecular complexity index is 231. The zero-order valence-corrected chi connectivity index (χ0v) is 11.4. The fourth-order valence-corrected chi connectivity index (χ4v) is 2.36. The number of hydrogen-bond acceptors (Lipinski definition) is 3. The van der Waals surface area contributed by atoms with Gasteiger partial charge in [0.05, 0.1) is 6.10 Å². The number of nitrogens with zero attached hydrogens (tertiary/aromatic N) is 1. The average Bonchev–Trinajstić information content (AvgIpc) is 2.36. The first kappa shape index (κ1) is 14.5.